The van der Waals surface area contributed by atoms with Gasteiger partial charge in [-0.25, -0.2) is 4.39 Å². The van der Waals surface area contributed by atoms with Gasteiger partial charge in [-0.3, -0.25) is 4.79 Å². The Hall–Kier alpha value is -3.66. The number of pyridine rings is 1. The molecule has 0 amide bonds. The summed E-state index contributed by atoms with van der Waals surface area (Å²) in [7, 11) is 1.79. The molecule has 3 aromatic carbocycles. The van der Waals surface area contributed by atoms with E-state index in [9.17, 15) is 9.18 Å². The number of hydrogen-bond acceptors (Lipinski definition) is 1. The van der Waals surface area contributed by atoms with Crippen molar-refractivity contribution < 1.29 is 4.39 Å². The number of aromatic nitrogens is 2. The number of benzene rings is 3. The molecule has 1 N–H and O–H groups in total. The molecule has 136 valence electrons. The van der Waals surface area contributed by atoms with Crippen LogP contribution >= 0.6 is 0 Å². The van der Waals surface area contributed by atoms with Crippen molar-refractivity contribution in [2.24, 2.45) is 7.05 Å². The molecule has 4 heteroatoms. The van der Waals surface area contributed by atoms with Crippen LogP contribution < -0.4 is 5.56 Å². The normalized spacial score (nSPS) is 11.4. The Labute approximate surface area is 160 Å². The Morgan fingerprint density at radius 2 is 1.61 bits per heavy atom. The first-order valence-corrected chi connectivity index (χ1v) is 9.09. The number of fused-ring (bicyclic) bond motifs is 2. The summed E-state index contributed by atoms with van der Waals surface area (Å²) in [6, 6.07) is 22.4. The van der Waals surface area contributed by atoms with Gasteiger partial charge < -0.3 is 9.55 Å². The van der Waals surface area contributed by atoms with Crippen molar-refractivity contribution >= 4 is 21.8 Å². The van der Waals surface area contributed by atoms with Gasteiger partial charge in [0.25, 0.3) is 5.56 Å². The van der Waals surface area contributed by atoms with Gasteiger partial charge in [0.05, 0.1) is 11.1 Å². The van der Waals surface area contributed by atoms with Gasteiger partial charge in [-0.15, -0.1) is 0 Å². The van der Waals surface area contributed by atoms with Gasteiger partial charge in [-0.2, -0.15) is 0 Å². The van der Waals surface area contributed by atoms with Crippen LogP contribution in [0.5, 0.6) is 0 Å². The quantitative estimate of drug-likeness (QED) is 0.439. The zero-order chi connectivity index (χ0) is 19.3. The molecule has 0 spiro atoms. The molecule has 2 aromatic heterocycles. The summed E-state index contributed by atoms with van der Waals surface area (Å²) in [5.74, 6) is -0.310. The molecule has 2 heterocycles. The molecule has 5 rings (SSSR count). The number of aryl methyl sites for hydroxylation is 1. The maximum absolute atomic E-state index is 13.7. The van der Waals surface area contributed by atoms with E-state index in [1.54, 1.807) is 23.9 Å². The van der Waals surface area contributed by atoms with Crippen LogP contribution in [-0.2, 0) is 7.05 Å². The largest absolute Gasteiger partial charge is 0.360 e. The van der Waals surface area contributed by atoms with Crippen LogP contribution in [0.25, 0.3) is 44.1 Å². The third-order valence-electron chi connectivity index (χ3n) is 5.28. The molecule has 0 aliphatic rings. The van der Waals surface area contributed by atoms with Crippen molar-refractivity contribution in [2.45, 2.75) is 0 Å². The number of nitrogens with one attached hydrogen (secondary N) is 1. The van der Waals surface area contributed by atoms with Crippen molar-refractivity contribution in [1.82, 2.24) is 9.55 Å². The van der Waals surface area contributed by atoms with Crippen molar-refractivity contribution in [3.05, 3.63) is 95.2 Å². The maximum atomic E-state index is 13.7. The highest BCUT2D eigenvalue weighted by molar-refractivity contribution is 6.07. The van der Waals surface area contributed by atoms with Crippen molar-refractivity contribution in [2.75, 3.05) is 0 Å². The Morgan fingerprint density at radius 1 is 0.857 bits per heavy atom. The van der Waals surface area contributed by atoms with Crippen LogP contribution in [0.15, 0.2) is 83.8 Å². The molecule has 28 heavy (non-hydrogen) atoms. The van der Waals surface area contributed by atoms with Crippen molar-refractivity contribution in [3.8, 4) is 22.3 Å². The molecule has 0 unspecified atom stereocenters. The van der Waals surface area contributed by atoms with Crippen LogP contribution in [0.1, 0.15) is 0 Å². The number of halogens is 1. The highest BCUT2D eigenvalue weighted by Crippen LogP contribution is 2.38. The second kappa shape index (κ2) is 6.20. The van der Waals surface area contributed by atoms with E-state index >= 15 is 0 Å². The summed E-state index contributed by atoms with van der Waals surface area (Å²) in [5, 5.41) is 1.83. The molecule has 0 radical (unpaired) electrons. The molecule has 0 aliphatic carbocycles. The van der Waals surface area contributed by atoms with E-state index in [4.69, 9.17) is 0 Å². The molecular formula is C24H17FN2O. The zero-order valence-electron chi connectivity index (χ0n) is 15.2. The summed E-state index contributed by atoms with van der Waals surface area (Å²) in [6.45, 7) is 0. The lowest BCUT2D eigenvalue weighted by atomic mass is 9.92. The second-order valence-corrected chi connectivity index (χ2v) is 6.89. The predicted molar refractivity (Wildman–Crippen MR) is 112 cm³/mol. The van der Waals surface area contributed by atoms with Gasteiger partial charge in [-0.05, 0) is 29.8 Å². The topological polar surface area (TPSA) is 37.8 Å². The molecule has 0 aliphatic heterocycles. The fourth-order valence-corrected chi connectivity index (χ4v) is 3.96. The standard InChI is InChI=1S/C24H17FN2O/c1-27-21-10-6-5-9-18(21)22(15-7-3-2-4-8-15)23(24(27)28)19-14-26-20-13-16(25)11-12-17(19)20/h2-14,26H,1H3. The smallest absolute Gasteiger partial charge is 0.259 e. The first-order chi connectivity index (χ1) is 13.6. The van der Waals surface area contributed by atoms with Crippen LogP contribution in [0.2, 0.25) is 0 Å². The average Bonchev–Trinajstić information content (AvgIpc) is 3.13. The van der Waals surface area contributed by atoms with Crippen LogP contribution in [0.3, 0.4) is 0 Å². The lowest BCUT2D eigenvalue weighted by Gasteiger charge is -2.16. The molecule has 3 nitrogen and oxygen atoms in total. The van der Waals surface area contributed by atoms with Gasteiger partial charge in [0.2, 0.25) is 0 Å². The van der Waals surface area contributed by atoms with E-state index in [-0.39, 0.29) is 11.4 Å². The van der Waals surface area contributed by atoms with Gasteiger partial charge in [0, 0.05) is 40.7 Å². The van der Waals surface area contributed by atoms with E-state index in [0.717, 1.165) is 33.0 Å². The number of aromatic amines is 1. The second-order valence-electron chi connectivity index (χ2n) is 6.89. The third-order valence-corrected chi connectivity index (χ3v) is 5.28. The Bertz CT molecular complexity index is 1400. The lowest BCUT2D eigenvalue weighted by molar-refractivity contribution is 0.629. The van der Waals surface area contributed by atoms with Crippen LogP contribution in [0, 0.1) is 5.82 Å². The van der Waals surface area contributed by atoms with Crippen LogP contribution in [0.4, 0.5) is 4.39 Å². The fraction of sp³-hybridized carbons (Fsp3) is 0.0417. The summed E-state index contributed by atoms with van der Waals surface area (Å²) in [5.41, 5.74) is 4.73. The fourth-order valence-electron chi connectivity index (χ4n) is 3.96. The summed E-state index contributed by atoms with van der Waals surface area (Å²) < 4.78 is 15.3. The highest BCUT2D eigenvalue weighted by Gasteiger charge is 2.20. The number of hydrogen-bond donors (Lipinski definition) is 1. The average molecular weight is 368 g/mol. The minimum atomic E-state index is -0.310. The number of rotatable bonds is 2. The Kier molecular flexibility index (Phi) is 3.66. The molecule has 0 saturated carbocycles. The summed E-state index contributed by atoms with van der Waals surface area (Å²) in [6.07, 6.45) is 1.79. The Balaban J connectivity index is 1.98. The maximum Gasteiger partial charge on any atom is 0.259 e. The van der Waals surface area contributed by atoms with Crippen molar-refractivity contribution in [3.63, 3.8) is 0 Å². The van der Waals surface area contributed by atoms with E-state index in [1.807, 2.05) is 54.6 Å². The highest BCUT2D eigenvalue weighted by atomic mass is 19.1. The van der Waals surface area contributed by atoms with Crippen LogP contribution in [-0.4, -0.2) is 9.55 Å². The Morgan fingerprint density at radius 3 is 2.43 bits per heavy atom. The van der Waals surface area contributed by atoms with E-state index < -0.39 is 0 Å². The number of H-pyrrole nitrogens is 1. The number of nitrogens with zero attached hydrogens (tertiary/aromatic N) is 1. The first-order valence-electron chi connectivity index (χ1n) is 9.09. The van der Waals surface area contributed by atoms with Gasteiger partial charge >= 0.3 is 0 Å². The number of para-hydroxylation sites is 1. The van der Waals surface area contributed by atoms with Gasteiger partial charge in [0.1, 0.15) is 5.82 Å². The molecule has 0 atom stereocenters. The molecule has 0 fully saturated rings. The molecule has 0 bridgehead atoms. The lowest BCUT2D eigenvalue weighted by Crippen LogP contribution is -2.20. The van der Waals surface area contributed by atoms with E-state index in [2.05, 4.69) is 4.98 Å². The minimum Gasteiger partial charge on any atom is -0.360 e. The third kappa shape index (κ3) is 2.38. The predicted octanol–water partition coefficient (Wildman–Crippen LogP) is 5.49. The first kappa shape index (κ1) is 16.5. The van der Waals surface area contributed by atoms with E-state index in [1.165, 1.54) is 12.1 Å². The minimum absolute atomic E-state index is 0.0808. The summed E-state index contributed by atoms with van der Waals surface area (Å²) in [4.78, 5) is 16.6. The summed E-state index contributed by atoms with van der Waals surface area (Å²) >= 11 is 0. The van der Waals surface area contributed by atoms with Gasteiger partial charge in [-0.1, -0.05) is 48.5 Å². The SMILES string of the molecule is Cn1c(=O)c(-c2c[nH]c3cc(F)ccc23)c(-c2ccccc2)c2ccccc21. The molecule has 5 aromatic rings. The molecule has 0 saturated heterocycles. The zero-order valence-corrected chi connectivity index (χ0v) is 15.2. The van der Waals surface area contributed by atoms with Crippen molar-refractivity contribution in [1.29, 1.82) is 0 Å². The molecular weight excluding hydrogens is 351 g/mol. The van der Waals surface area contributed by atoms with E-state index in [0.29, 0.717) is 11.1 Å². The van der Waals surface area contributed by atoms with Gasteiger partial charge in [0.15, 0.2) is 0 Å². The monoisotopic (exact) mass is 368 g/mol.